The Labute approximate surface area is 95.5 Å². The topological polar surface area (TPSA) is 49.8 Å². The Bertz CT molecular complexity index is 335. The highest BCUT2D eigenvalue weighted by Crippen LogP contribution is 2.11. The predicted octanol–water partition coefficient (Wildman–Crippen LogP) is 0.825. The lowest BCUT2D eigenvalue weighted by Gasteiger charge is -2.15. The molecular weight excluding hydrogens is 206 g/mol. The highest BCUT2D eigenvalue weighted by Gasteiger charge is 2.08. The Balaban J connectivity index is 2.39. The van der Waals surface area contributed by atoms with Crippen LogP contribution in [-0.2, 0) is 4.79 Å². The maximum absolute atomic E-state index is 11.5. The molecule has 0 fully saturated rings. The Kier molecular flexibility index (Phi) is 4.79. The van der Waals surface area contributed by atoms with Crippen LogP contribution in [0.2, 0.25) is 0 Å². The molecule has 0 saturated carbocycles. The molecule has 0 radical (unpaired) electrons. The molecule has 0 aromatic heterocycles. The fourth-order valence-electron chi connectivity index (χ4n) is 1.16. The molecule has 16 heavy (non-hydrogen) atoms. The van der Waals surface area contributed by atoms with E-state index in [-0.39, 0.29) is 19.1 Å². The SMILES string of the molecule is Cc1ccc(OCC(=O)N(C)CCO)cc1. The van der Waals surface area contributed by atoms with E-state index in [2.05, 4.69) is 0 Å². The van der Waals surface area contributed by atoms with E-state index in [1.807, 2.05) is 31.2 Å². The number of nitrogens with zero attached hydrogens (tertiary/aromatic N) is 1. The lowest BCUT2D eigenvalue weighted by Crippen LogP contribution is -2.33. The monoisotopic (exact) mass is 223 g/mol. The van der Waals surface area contributed by atoms with E-state index in [9.17, 15) is 4.79 Å². The maximum atomic E-state index is 11.5. The zero-order valence-electron chi connectivity index (χ0n) is 9.64. The molecule has 0 unspecified atom stereocenters. The number of hydrogen-bond acceptors (Lipinski definition) is 3. The minimum absolute atomic E-state index is 0.000436. The van der Waals surface area contributed by atoms with Gasteiger partial charge in [0.2, 0.25) is 0 Å². The third-order valence-corrected chi connectivity index (χ3v) is 2.24. The van der Waals surface area contributed by atoms with E-state index in [1.165, 1.54) is 4.90 Å². The van der Waals surface area contributed by atoms with Crippen LogP contribution in [0.3, 0.4) is 0 Å². The number of aliphatic hydroxyl groups excluding tert-OH is 1. The van der Waals surface area contributed by atoms with Crippen molar-refractivity contribution in [2.45, 2.75) is 6.92 Å². The molecule has 1 N–H and O–H groups in total. The largest absolute Gasteiger partial charge is 0.484 e. The first-order valence-electron chi connectivity index (χ1n) is 5.18. The van der Waals surface area contributed by atoms with Gasteiger partial charge in [-0.3, -0.25) is 4.79 Å². The lowest BCUT2D eigenvalue weighted by atomic mass is 10.2. The van der Waals surface area contributed by atoms with Crippen molar-refractivity contribution < 1.29 is 14.6 Å². The molecular formula is C12H17NO3. The second-order valence-corrected chi connectivity index (χ2v) is 3.64. The van der Waals surface area contributed by atoms with Crippen LogP contribution in [0.1, 0.15) is 5.56 Å². The molecule has 4 heteroatoms. The third kappa shape index (κ3) is 3.90. The summed E-state index contributed by atoms with van der Waals surface area (Å²) in [4.78, 5) is 12.9. The van der Waals surface area contributed by atoms with Crippen LogP contribution in [0, 0.1) is 6.92 Å². The van der Waals surface area contributed by atoms with Gasteiger partial charge < -0.3 is 14.7 Å². The second-order valence-electron chi connectivity index (χ2n) is 3.64. The van der Waals surface area contributed by atoms with E-state index in [0.29, 0.717) is 12.3 Å². The van der Waals surface area contributed by atoms with Crippen molar-refractivity contribution in [3.8, 4) is 5.75 Å². The van der Waals surface area contributed by atoms with Gasteiger partial charge in [0, 0.05) is 13.6 Å². The molecule has 0 spiro atoms. The normalized spacial score (nSPS) is 9.94. The molecule has 0 atom stereocenters. The first-order valence-corrected chi connectivity index (χ1v) is 5.18. The van der Waals surface area contributed by atoms with Gasteiger partial charge in [0.1, 0.15) is 5.75 Å². The van der Waals surface area contributed by atoms with Crippen molar-refractivity contribution in [1.29, 1.82) is 0 Å². The number of ether oxygens (including phenoxy) is 1. The number of benzene rings is 1. The number of hydrogen-bond donors (Lipinski definition) is 1. The van der Waals surface area contributed by atoms with Crippen LogP contribution in [0.15, 0.2) is 24.3 Å². The minimum Gasteiger partial charge on any atom is -0.484 e. The van der Waals surface area contributed by atoms with Crippen molar-refractivity contribution in [3.63, 3.8) is 0 Å². The molecule has 88 valence electrons. The van der Waals surface area contributed by atoms with Gasteiger partial charge in [0.15, 0.2) is 6.61 Å². The molecule has 0 aliphatic rings. The number of likely N-dealkylation sites (N-methyl/N-ethyl adjacent to an activating group) is 1. The van der Waals surface area contributed by atoms with Gasteiger partial charge in [-0.2, -0.15) is 0 Å². The zero-order chi connectivity index (χ0) is 12.0. The summed E-state index contributed by atoms with van der Waals surface area (Å²) < 4.78 is 5.32. The summed E-state index contributed by atoms with van der Waals surface area (Å²) in [7, 11) is 1.64. The summed E-state index contributed by atoms with van der Waals surface area (Å²) in [5.74, 6) is 0.533. The van der Waals surface area contributed by atoms with Gasteiger partial charge in [-0.05, 0) is 19.1 Å². The van der Waals surface area contributed by atoms with E-state index in [0.717, 1.165) is 5.56 Å². The summed E-state index contributed by atoms with van der Waals surface area (Å²) in [6.45, 7) is 2.28. The summed E-state index contributed by atoms with van der Waals surface area (Å²) in [6, 6.07) is 7.51. The van der Waals surface area contributed by atoms with Gasteiger partial charge in [-0.15, -0.1) is 0 Å². The van der Waals surface area contributed by atoms with Crippen molar-refractivity contribution in [3.05, 3.63) is 29.8 Å². The molecule has 0 aliphatic carbocycles. The molecule has 1 aromatic rings. The quantitative estimate of drug-likeness (QED) is 0.804. The second kappa shape index (κ2) is 6.12. The van der Waals surface area contributed by atoms with E-state index >= 15 is 0 Å². The average molecular weight is 223 g/mol. The Morgan fingerprint density at radius 3 is 2.56 bits per heavy atom. The van der Waals surface area contributed by atoms with Crippen LogP contribution < -0.4 is 4.74 Å². The number of amides is 1. The van der Waals surface area contributed by atoms with Gasteiger partial charge >= 0.3 is 0 Å². The Morgan fingerprint density at radius 2 is 2.00 bits per heavy atom. The standard InChI is InChI=1S/C12H17NO3/c1-10-3-5-11(6-4-10)16-9-12(15)13(2)7-8-14/h3-6,14H,7-9H2,1-2H3. The predicted molar refractivity (Wildman–Crippen MR) is 61.4 cm³/mol. The maximum Gasteiger partial charge on any atom is 0.260 e. The highest BCUT2D eigenvalue weighted by molar-refractivity contribution is 5.77. The van der Waals surface area contributed by atoms with Gasteiger partial charge in [-0.25, -0.2) is 0 Å². The smallest absolute Gasteiger partial charge is 0.260 e. The van der Waals surface area contributed by atoms with E-state index in [4.69, 9.17) is 9.84 Å². The molecule has 0 saturated heterocycles. The van der Waals surface area contributed by atoms with E-state index < -0.39 is 0 Å². The highest BCUT2D eigenvalue weighted by atomic mass is 16.5. The summed E-state index contributed by atoms with van der Waals surface area (Å²) in [5, 5.41) is 8.67. The minimum atomic E-state index is -0.144. The van der Waals surface area contributed by atoms with Crippen LogP contribution >= 0.6 is 0 Å². The molecule has 0 heterocycles. The molecule has 1 amide bonds. The fourth-order valence-corrected chi connectivity index (χ4v) is 1.16. The van der Waals surface area contributed by atoms with Crippen LogP contribution in [-0.4, -0.2) is 42.7 Å². The lowest BCUT2D eigenvalue weighted by molar-refractivity contribution is -0.132. The van der Waals surface area contributed by atoms with Gasteiger partial charge in [-0.1, -0.05) is 17.7 Å². The molecule has 0 bridgehead atoms. The van der Waals surface area contributed by atoms with Gasteiger partial charge in [0.25, 0.3) is 5.91 Å². The molecule has 0 aliphatic heterocycles. The van der Waals surface area contributed by atoms with Crippen LogP contribution in [0.5, 0.6) is 5.75 Å². The third-order valence-electron chi connectivity index (χ3n) is 2.24. The molecule has 4 nitrogen and oxygen atoms in total. The summed E-state index contributed by atoms with van der Waals surface area (Å²) in [6.07, 6.45) is 0. The van der Waals surface area contributed by atoms with Gasteiger partial charge in [0.05, 0.1) is 6.61 Å². The Hall–Kier alpha value is -1.55. The summed E-state index contributed by atoms with van der Waals surface area (Å²) in [5.41, 5.74) is 1.15. The van der Waals surface area contributed by atoms with Crippen molar-refractivity contribution >= 4 is 5.91 Å². The fraction of sp³-hybridized carbons (Fsp3) is 0.417. The summed E-state index contributed by atoms with van der Waals surface area (Å²) >= 11 is 0. The van der Waals surface area contributed by atoms with Crippen LogP contribution in [0.25, 0.3) is 0 Å². The van der Waals surface area contributed by atoms with Crippen molar-refractivity contribution in [1.82, 2.24) is 4.90 Å². The first kappa shape index (κ1) is 12.5. The molecule has 1 aromatic carbocycles. The number of aliphatic hydroxyl groups is 1. The zero-order valence-corrected chi connectivity index (χ0v) is 9.64. The number of aryl methyl sites for hydroxylation is 1. The number of carbonyl (C=O) groups is 1. The van der Waals surface area contributed by atoms with E-state index in [1.54, 1.807) is 7.05 Å². The van der Waals surface area contributed by atoms with Crippen molar-refractivity contribution in [2.75, 3.05) is 26.8 Å². The Morgan fingerprint density at radius 1 is 1.38 bits per heavy atom. The average Bonchev–Trinajstić information content (AvgIpc) is 2.28. The number of rotatable bonds is 5. The van der Waals surface area contributed by atoms with Crippen molar-refractivity contribution in [2.24, 2.45) is 0 Å². The molecule has 1 rings (SSSR count). The number of carbonyl (C=O) groups excluding carboxylic acids is 1. The first-order chi connectivity index (χ1) is 7.63. The van der Waals surface area contributed by atoms with Crippen LogP contribution in [0.4, 0.5) is 0 Å².